The van der Waals surface area contributed by atoms with Crippen LogP contribution < -0.4 is 5.56 Å². The van der Waals surface area contributed by atoms with E-state index in [1.54, 1.807) is 6.07 Å². The third-order valence-corrected chi connectivity index (χ3v) is 4.69. The summed E-state index contributed by atoms with van der Waals surface area (Å²) in [4.78, 5) is 28.4. The number of hydrogen-bond acceptors (Lipinski definition) is 3. The molecule has 0 radical (unpaired) electrons. The van der Waals surface area contributed by atoms with E-state index in [0.717, 1.165) is 11.1 Å². The van der Waals surface area contributed by atoms with Crippen molar-refractivity contribution in [2.24, 2.45) is 0 Å². The van der Waals surface area contributed by atoms with Crippen LogP contribution in [0.3, 0.4) is 0 Å². The van der Waals surface area contributed by atoms with Gasteiger partial charge in [-0.1, -0.05) is 29.8 Å². The summed E-state index contributed by atoms with van der Waals surface area (Å²) in [6.07, 6.45) is 4.56. The average Bonchev–Trinajstić information content (AvgIpc) is 3.00. The largest absolute Gasteiger partial charge is 0.478 e. The molecule has 0 amide bonds. The van der Waals surface area contributed by atoms with Gasteiger partial charge in [0.2, 0.25) is 0 Å². The molecule has 1 aliphatic rings. The Hall–Kier alpha value is -2.92. The number of benzene rings is 1. The van der Waals surface area contributed by atoms with Crippen LogP contribution in [0.2, 0.25) is 5.02 Å². The van der Waals surface area contributed by atoms with E-state index < -0.39 is 5.97 Å². The zero-order chi connectivity index (χ0) is 17.6. The molecule has 2 heterocycles. The molecule has 1 aliphatic carbocycles. The molecule has 0 unspecified atom stereocenters. The van der Waals surface area contributed by atoms with Crippen LogP contribution in [0, 0.1) is 0 Å². The number of nitrogens with zero attached hydrogens (tertiary/aromatic N) is 2. The Balaban J connectivity index is 1.90. The van der Waals surface area contributed by atoms with E-state index in [0.29, 0.717) is 34.8 Å². The molecule has 0 fully saturated rings. The molecule has 1 aromatic carbocycles. The van der Waals surface area contributed by atoms with Crippen LogP contribution in [-0.4, -0.2) is 20.5 Å². The fourth-order valence-corrected chi connectivity index (χ4v) is 3.28. The zero-order valence-electron chi connectivity index (χ0n) is 13.1. The first-order chi connectivity index (χ1) is 12.0. The van der Waals surface area contributed by atoms with E-state index in [2.05, 4.69) is 4.98 Å². The summed E-state index contributed by atoms with van der Waals surface area (Å²) in [5.41, 5.74) is 3.40. The second-order valence-corrected chi connectivity index (χ2v) is 6.29. The van der Waals surface area contributed by atoms with Crippen molar-refractivity contribution in [3.8, 4) is 0 Å². The Kier molecular flexibility index (Phi) is 3.66. The van der Waals surface area contributed by atoms with Gasteiger partial charge in [0.1, 0.15) is 5.65 Å². The van der Waals surface area contributed by atoms with Crippen molar-refractivity contribution < 1.29 is 9.90 Å². The summed E-state index contributed by atoms with van der Waals surface area (Å²) in [5.74, 6) is -1.08. The minimum Gasteiger partial charge on any atom is -0.478 e. The lowest BCUT2D eigenvalue weighted by atomic mass is 10.1. The number of allylic oxidation sites excluding steroid dienone is 1. The summed E-state index contributed by atoms with van der Waals surface area (Å²) < 4.78 is 1.31. The maximum Gasteiger partial charge on any atom is 0.337 e. The molecule has 0 atom stereocenters. The number of aromatic carboxylic acids is 1. The van der Waals surface area contributed by atoms with Gasteiger partial charge in [0.25, 0.3) is 5.56 Å². The molecule has 0 bridgehead atoms. The van der Waals surface area contributed by atoms with Gasteiger partial charge in [-0.3, -0.25) is 9.20 Å². The maximum atomic E-state index is 12.7. The predicted octanol–water partition coefficient (Wildman–Crippen LogP) is 3.53. The van der Waals surface area contributed by atoms with E-state index in [-0.39, 0.29) is 11.1 Å². The molecule has 0 spiro atoms. The van der Waals surface area contributed by atoms with Crippen LogP contribution in [0.1, 0.15) is 33.6 Å². The summed E-state index contributed by atoms with van der Waals surface area (Å²) in [5, 5.41) is 9.75. The number of halogens is 1. The molecular formula is C19H13ClN2O3. The molecule has 3 aromatic rings. The molecular weight excluding hydrogens is 340 g/mol. The lowest BCUT2D eigenvalue weighted by Crippen LogP contribution is -2.20. The van der Waals surface area contributed by atoms with Gasteiger partial charge in [0, 0.05) is 16.8 Å². The Bertz CT molecular complexity index is 1120. The van der Waals surface area contributed by atoms with Gasteiger partial charge in [-0.05, 0) is 48.3 Å². The lowest BCUT2D eigenvalue weighted by Gasteiger charge is -2.06. The molecule has 25 heavy (non-hydrogen) atoms. The van der Waals surface area contributed by atoms with E-state index in [1.807, 2.05) is 30.3 Å². The normalized spacial score (nSPS) is 14.8. The highest BCUT2D eigenvalue weighted by atomic mass is 35.5. The average molecular weight is 353 g/mol. The van der Waals surface area contributed by atoms with Gasteiger partial charge in [-0.15, -0.1) is 0 Å². The molecule has 5 nitrogen and oxygen atoms in total. The zero-order valence-corrected chi connectivity index (χ0v) is 13.8. The SMILES string of the molecule is O=C(O)c1ccc2nc3c(c(=O)n2c1)CCC3=Cc1ccccc1Cl. The number of carboxylic acid groups (broad SMARTS) is 1. The van der Waals surface area contributed by atoms with E-state index in [1.165, 1.54) is 16.7 Å². The Labute approximate surface area is 147 Å². The van der Waals surface area contributed by atoms with Gasteiger partial charge in [0.05, 0.1) is 11.3 Å². The quantitative estimate of drug-likeness (QED) is 0.765. The molecule has 124 valence electrons. The minimum atomic E-state index is -1.08. The Morgan fingerprint density at radius 1 is 1.20 bits per heavy atom. The number of aromatic nitrogens is 2. The molecule has 1 N–H and O–H groups in total. The number of carbonyl (C=O) groups is 1. The second kappa shape index (κ2) is 5.86. The van der Waals surface area contributed by atoms with Gasteiger partial charge in [-0.25, -0.2) is 9.78 Å². The summed E-state index contributed by atoms with van der Waals surface area (Å²) in [6, 6.07) is 10.5. The van der Waals surface area contributed by atoms with Crippen LogP contribution in [0.15, 0.2) is 47.4 Å². The van der Waals surface area contributed by atoms with Crippen molar-refractivity contribution in [3.05, 3.63) is 80.4 Å². The number of pyridine rings is 1. The standard InChI is InChI=1S/C19H13ClN2O3/c20-15-4-2-1-3-11(15)9-12-5-7-14-17(12)21-16-8-6-13(19(24)25)10-22(16)18(14)23/h1-4,6,8-10H,5,7H2,(H,24,25). The number of fused-ring (bicyclic) bond motifs is 2. The van der Waals surface area contributed by atoms with Gasteiger partial charge < -0.3 is 5.11 Å². The van der Waals surface area contributed by atoms with Gasteiger partial charge in [0.15, 0.2) is 0 Å². The van der Waals surface area contributed by atoms with E-state index in [9.17, 15) is 9.59 Å². The van der Waals surface area contributed by atoms with Crippen LogP contribution in [0.25, 0.3) is 17.3 Å². The summed E-state index contributed by atoms with van der Waals surface area (Å²) >= 11 is 6.22. The smallest absolute Gasteiger partial charge is 0.337 e. The Morgan fingerprint density at radius 3 is 2.76 bits per heavy atom. The molecule has 0 saturated carbocycles. The summed E-state index contributed by atoms with van der Waals surface area (Å²) in [7, 11) is 0. The van der Waals surface area contributed by atoms with Crippen LogP contribution in [0.5, 0.6) is 0 Å². The van der Waals surface area contributed by atoms with E-state index in [4.69, 9.17) is 16.7 Å². The van der Waals surface area contributed by atoms with Crippen LogP contribution in [-0.2, 0) is 6.42 Å². The lowest BCUT2D eigenvalue weighted by molar-refractivity contribution is 0.0696. The van der Waals surface area contributed by atoms with Gasteiger partial charge in [-0.2, -0.15) is 0 Å². The van der Waals surface area contributed by atoms with Crippen LogP contribution >= 0.6 is 11.6 Å². The van der Waals surface area contributed by atoms with Crippen LogP contribution in [0.4, 0.5) is 0 Å². The van der Waals surface area contributed by atoms with Crippen molar-refractivity contribution in [3.63, 3.8) is 0 Å². The minimum absolute atomic E-state index is 0.0566. The van der Waals surface area contributed by atoms with Crippen molar-refractivity contribution in [1.82, 2.24) is 9.38 Å². The van der Waals surface area contributed by atoms with Crippen molar-refractivity contribution >= 4 is 34.9 Å². The highest BCUT2D eigenvalue weighted by Crippen LogP contribution is 2.32. The molecule has 0 saturated heterocycles. The van der Waals surface area contributed by atoms with Gasteiger partial charge >= 0.3 is 5.97 Å². The third-order valence-electron chi connectivity index (χ3n) is 4.35. The fraction of sp³-hybridized carbons (Fsp3) is 0.105. The number of hydrogen-bond donors (Lipinski definition) is 1. The van der Waals surface area contributed by atoms with Crippen molar-refractivity contribution in [1.29, 1.82) is 0 Å². The third kappa shape index (κ3) is 2.62. The molecule has 0 aliphatic heterocycles. The second-order valence-electron chi connectivity index (χ2n) is 5.89. The highest BCUT2D eigenvalue weighted by Gasteiger charge is 2.23. The Morgan fingerprint density at radius 2 is 2.00 bits per heavy atom. The topological polar surface area (TPSA) is 71.7 Å². The highest BCUT2D eigenvalue weighted by molar-refractivity contribution is 6.32. The first kappa shape index (κ1) is 15.6. The van der Waals surface area contributed by atoms with Crippen molar-refractivity contribution in [2.75, 3.05) is 0 Å². The first-order valence-corrected chi connectivity index (χ1v) is 8.16. The first-order valence-electron chi connectivity index (χ1n) is 7.78. The molecule has 4 rings (SSSR count). The van der Waals surface area contributed by atoms with Crippen molar-refractivity contribution in [2.45, 2.75) is 12.8 Å². The summed E-state index contributed by atoms with van der Waals surface area (Å²) in [6.45, 7) is 0. The monoisotopic (exact) mass is 352 g/mol. The maximum absolute atomic E-state index is 12.7. The predicted molar refractivity (Wildman–Crippen MR) is 96.1 cm³/mol. The number of carboxylic acids is 1. The molecule has 2 aromatic heterocycles. The number of rotatable bonds is 2. The fourth-order valence-electron chi connectivity index (χ4n) is 3.09. The molecule has 6 heteroatoms. The van der Waals surface area contributed by atoms with E-state index >= 15 is 0 Å².